The second-order valence-electron chi connectivity index (χ2n) is 5.17. The summed E-state index contributed by atoms with van der Waals surface area (Å²) in [6.07, 6.45) is 0. The van der Waals surface area contributed by atoms with Gasteiger partial charge in [0, 0.05) is 44.8 Å². The van der Waals surface area contributed by atoms with E-state index >= 15 is 0 Å². The van der Waals surface area contributed by atoms with Crippen molar-refractivity contribution in [2.45, 2.75) is 12.6 Å². The highest BCUT2D eigenvalue weighted by molar-refractivity contribution is 9.10. The lowest BCUT2D eigenvalue weighted by Crippen LogP contribution is -2.54. The maximum absolute atomic E-state index is 11.0. The van der Waals surface area contributed by atoms with Crippen molar-refractivity contribution in [3.8, 4) is 0 Å². The molecule has 1 aromatic rings. The van der Waals surface area contributed by atoms with Crippen LogP contribution in [0, 0.1) is 10.1 Å². The van der Waals surface area contributed by atoms with E-state index in [4.69, 9.17) is 5.73 Å². The Kier molecular flexibility index (Phi) is 5.09. The summed E-state index contributed by atoms with van der Waals surface area (Å²) in [4.78, 5) is 15.2. The van der Waals surface area contributed by atoms with Crippen LogP contribution in [0.2, 0.25) is 0 Å². The Morgan fingerprint density at radius 2 is 2.25 bits per heavy atom. The summed E-state index contributed by atoms with van der Waals surface area (Å²) < 4.78 is 0.514. The molecular formula is C13H19BrN4O2. The third kappa shape index (κ3) is 3.54. The largest absolute Gasteiger partial charge is 0.329 e. The van der Waals surface area contributed by atoms with Crippen molar-refractivity contribution in [2.24, 2.45) is 5.73 Å². The second kappa shape index (κ2) is 6.62. The zero-order valence-corrected chi connectivity index (χ0v) is 13.0. The van der Waals surface area contributed by atoms with Gasteiger partial charge in [-0.05, 0) is 34.6 Å². The van der Waals surface area contributed by atoms with Gasteiger partial charge in [0.2, 0.25) is 0 Å². The molecule has 0 amide bonds. The van der Waals surface area contributed by atoms with E-state index in [9.17, 15) is 10.1 Å². The first-order valence-electron chi connectivity index (χ1n) is 6.56. The number of nitrogens with two attached hydrogens (primary N) is 1. The molecule has 1 atom stereocenters. The van der Waals surface area contributed by atoms with Crippen LogP contribution in [0.15, 0.2) is 22.7 Å². The van der Waals surface area contributed by atoms with E-state index in [0.29, 0.717) is 23.6 Å². The minimum Gasteiger partial charge on any atom is -0.329 e. The molecule has 7 heteroatoms. The summed E-state index contributed by atoms with van der Waals surface area (Å²) in [5.41, 5.74) is 6.89. The average Bonchev–Trinajstić information content (AvgIpc) is 2.42. The van der Waals surface area contributed by atoms with E-state index in [-0.39, 0.29) is 10.6 Å². The van der Waals surface area contributed by atoms with Crippen molar-refractivity contribution in [1.82, 2.24) is 9.80 Å². The van der Waals surface area contributed by atoms with Crippen LogP contribution in [0.4, 0.5) is 5.69 Å². The number of halogens is 1. The Bertz CT molecular complexity index is 497. The Morgan fingerprint density at radius 3 is 2.90 bits per heavy atom. The Labute approximate surface area is 126 Å². The van der Waals surface area contributed by atoms with Gasteiger partial charge >= 0.3 is 0 Å². The van der Waals surface area contributed by atoms with Crippen LogP contribution < -0.4 is 5.73 Å². The average molecular weight is 343 g/mol. The minimum absolute atomic E-state index is 0.112. The molecule has 0 aliphatic carbocycles. The minimum atomic E-state index is -0.363. The van der Waals surface area contributed by atoms with Gasteiger partial charge in [-0.3, -0.25) is 15.0 Å². The zero-order chi connectivity index (χ0) is 14.7. The molecule has 1 saturated heterocycles. The number of likely N-dealkylation sites (N-methyl/N-ethyl adjacent to an activating group) is 1. The first kappa shape index (κ1) is 15.4. The molecule has 1 aromatic carbocycles. The van der Waals surface area contributed by atoms with Gasteiger partial charge in [0.1, 0.15) is 0 Å². The van der Waals surface area contributed by atoms with Crippen molar-refractivity contribution in [3.05, 3.63) is 38.3 Å². The maximum atomic E-state index is 11.0. The summed E-state index contributed by atoms with van der Waals surface area (Å²) in [5, 5.41) is 11.0. The van der Waals surface area contributed by atoms with Crippen LogP contribution in [0.25, 0.3) is 0 Å². The molecule has 0 radical (unpaired) electrons. The molecule has 0 spiro atoms. The number of piperazine rings is 1. The highest BCUT2D eigenvalue weighted by atomic mass is 79.9. The summed E-state index contributed by atoms with van der Waals surface area (Å²) in [5.74, 6) is 0. The van der Waals surface area contributed by atoms with E-state index in [2.05, 4.69) is 32.8 Å². The van der Waals surface area contributed by atoms with Gasteiger partial charge in [0.05, 0.1) is 9.40 Å². The van der Waals surface area contributed by atoms with Crippen LogP contribution in [0.3, 0.4) is 0 Å². The molecule has 1 aliphatic rings. The fraction of sp³-hybridized carbons (Fsp3) is 0.538. The molecule has 110 valence electrons. The van der Waals surface area contributed by atoms with E-state index < -0.39 is 0 Å². The van der Waals surface area contributed by atoms with Crippen molar-refractivity contribution in [1.29, 1.82) is 0 Å². The van der Waals surface area contributed by atoms with Gasteiger partial charge in [-0.1, -0.05) is 6.07 Å². The smallest absolute Gasteiger partial charge is 0.283 e. The summed E-state index contributed by atoms with van der Waals surface area (Å²) in [7, 11) is 2.09. The highest BCUT2D eigenvalue weighted by Gasteiger charge is 2.24. The molecule has 2 N–H and O–H groups in total. The third-order valence-corrected chi connectivity index (χ3v) is 4.34. The van der Waals surface area contributed by atoms with E-state index in [0.717, 1.165) is 25.2 Å². The Balaban J connectivity index is 2.13. The fourth-order valence-corrected chi connectivity index (χ4v) is 2.90. The second-order valence-corrected chi connectivity index (χ2v) is 6.02. The van der Waals surface area contributed by atoms with Gasteiger partial charge in [0.25, 0.3) is 5.69 Å². The number of nitro groups is 1. The maximum Gasteiger partial charge on any atom is 0.283 e. The number of nitrogens with zero attached hydrogens (tertiary/aromatic N) is 3. The highest BCUT2D eigenvalue weighted by Crippen LogP contribution is 2.26. The molecule has 1 aliphatic heterocycles. The zero-order valence-electron chi connectivity index (χ0n) is 11.5. The molecule has 0 bridgehead atoms. The van der Waals surface area contributed by atoms with Gasteiger partial charge in [-0.15, -0.1) is 0 Å². The monoisotopic (exact) mass is 342 g/mol. The fourth-order valence-electron chi connectivity index (χ4n) is 2.51. The predicted octanol–water partition coefficient (Wildman–Crippen LogP) is 1.43. The quantitative estimate of drug-likeness (QED) is 0.661. The lowest BCUT2D eigenvalue weighted by atomic mass is 10.1. The van der Waals surface area contributed by atoms with Crippen molar-refractivity contribution in [3.63, 3.8) is 0 Å². The standard InChI is InChI=1S/C13H19BrN4O2/c1-16-4-5-17(11(7-15)9-16)8-10-2-3-12(14)13(6-10)18(19)20/h2-3,6,11H,4-5,7-9,15H2,1H3. The summed E-state index contributed by atoms with van der Waals surface area (Å²) >= 11 is 3.21. The first-order chi connectivity index (χ1) is 9.51. The van der Waals surface area contributed by atoms with Crippen molar-refractivity contribution < 1.29 is 4.92 Å². The molecule has 1 unspecified atom stereocenters. The van der Waals surface area contributed by atoms with E-state index in [1.165, 1.54) is 0 Å². The van der Waals surface area contributed by atoms with Crippen LogP contribution in [0.5, 0.6) is 0 Å². The first-order valence-corrected chi connectivity index (χ1v) is 7.36. The molecular weight excluding hydrogens is 324 g/mol. The molecule has 0 aromatic heterocycles. The molecule has 2 rings (SSSR count). The Hall–Kier alpha value is -1.02. The molecule has 20 heavy (non-hydrogen) atoms. The van der Waals surface area contributed by atoms with E-state index in [1.807, 2.05) is 6.07 Å². The number of benzene rings is 1. The van der Waals surface area contributed by atoms with Crippen LogP contribution in [-0.2, 0) is 6.54 Å². The lowest BCUT2D eigenvalue weighted by Gasteiger charge is -2.39. The molecule has 6 nitrogen and oxygen atoms in total. The SMILES string of the molecule is CN1CCN(Cc2ccc(Br)c([N+](=O)[O-])c2)C(CN)C1. The topological polar surface area (TPSA) is 75.6 Å². The summed E-state index contributed by atoms with van der Waals surface area (Å²) in [6.45, 7) is 4.17. The predicted molar refractivity (Wildman–Crippen MR) is 81.5 cm³/mol. The van der Waals surface area contributed by atoms with Gasteiger partial charge < -0.3 is 10.6 Å². The van der Waals surface area contributed by atoms with Crippen LogP contribution in [-0.4, -0.2) is 54.0 Å². The number of hydrogen-bond acceptors (Lipinski definition) is 5. The Morgan fingerprint density at radius 1 is 1.50 bits per heavy atom. The number of hydrogen-bond donors (Lipinski definition) is 1. The molecule has 1 fully saturated rings. The van der Waals surface area contributed by atoms with Crippen molar-refractivity contribution in [2.75, 3.05) is 33.2 Å². The van der Waals surface area contributed by atoms with Crippen LogP contribution >= 0.6 is 15.9 Å². The normalized spacial score (nSPS) is 21.1. The molecule has 1 heterocycles. The van der Waals surface area contributed by atoms with Crippen molar-refractivity contribution >= 4 is 21.6 Å². The van der Waals surface area contributed by atoms with Gasteiger partial charge in [-0.2, -0.15) is 0 Å². The lowest BCUT2D eigenvalue weighted by molar-refractivity contribution is -0.385. The van der Waals surface area contributed by atoms with Gasteiger partial charge in [-0.25, -0.2) is 0 Å². The van der Waals surface area contributed by atoms with E-state index in [1.54, 1.807) is 12.1 Å². The van der Waals surface area contributed by atoms with Crippen LogP contribution in [0.1, 0.15) is 5.56 Å². The number of nitro benzene ring substituents is 1. The summed E-state index contributed by atoms with van der Waals surface area (Å²) in [6, 6.07) is 5.59. The third-order valence-electron chi connectivity index (χ3n) is 3.67. The molecule has 0 saturated carbocycles. The van der Waals surface area contributed by atoms with Gasteiger partial charge in [0.15, 0.2) is 0 Å². The number of rotatable bonds is 4.